The van der Waals surface area contributed by atoms with Crippen LogP contribution in [0.4, 0.5) is 0 Å². The van der Waals surface area contributed by atoms with Crippen LogP contribution in [0.25, 0.3) is 0 Å². The standard InChI is InChI=1S/C15H14O/c1-12-7-9-14(10-8-12)15(11-16-15)13-5-3-2-4-6-13/h2-10H,11H2,1H3/t15-/m1/s1. The van der Waals surface area contributed by atoms with Gasteiger partial charge in [-0.2, -0.15) is 0 Å². The number of ether oxygens (including phenoxy) is 1. The fourth-order valence-electron chi connectivity index (χ4n) is 2.10. The summed E-state index contributed by atoms with van der Waals surface area (Å²) in [5.74, 6) is 0. The molecular weight excluding hydrogens is 196 g/mol. The van der Waals surface area contributed by atoms with E-state index < -0.39 is 0 Å². The van der Waals surface area contributed by atoms with Crippen LogP contribution < -0.4 is 0 Å². The van der Waals surface area contributed by atoms with E-state index in [4.69, 9.17) is 4.74 Å². The fraction of sp³-hybridized carbons (Fsp3) is 0.200. The zero-order chi connectivity index (χ0) is 11.0. The van der Waals surface area contributed by atoms with Crippen molar-refractivity contribution in [2.24, 2.45) is 0 Å². The third-order valence-corrected chi connectivity index (χ3v) is 3.19. The molecule has 0 N–H and O–H groups in total. The van der Waals surface area contributed by atoms with Crippen molar-refractivity contribution in [3.63, 3.8) is 0 Å². The second-order valence-corrected chi connectivity index (χ2v) is 4.35. The molecule has 1 aliphatic rings. The predicted octanol–water partition coefficient (Wildman–Crippen LogP) is 3.27. The van der Waals surface area contributed by atoms with E-state index in [0.29, 0.717) is 0 Å². The van der Waals surface area contributed by atoms with Crippen molar-refractivity contribution < 1.29 is 4.74 Å². The Morgan fingerprint density at radius 2 is 1.44 bits per heavy atom. The number of aryl methyl sites for hydroxylation is 1. The van der Waals surface area contributed by atoms with Crippen molar-refractivity contribution in [3.8, 4) is 0 Å². The molecule has 1 atom stereocenters. The second-order valence-electron chi connectivity index (χ2n) is 4.35. The largest absolute Gasteiger partial charge is 0.359 e. The molecule has 0 saturated carbocycles. The van der Waals surface area contributed by atoms with Gasteiger partial charge in [0.2, 0.25) is 0 Å². The summed E-state index contributed by atoms with van der Waals surface area (Å²) in [7, 11) is 0. The van der Waals surface area contributed by atoms with Crippen molar-refractivity contribution in [1.82, 2.24) is 0 Å². The average molecular weight is 210 g/mol. The highest BCUT2D eigenvalue weighted by atomic mass is 16.6. The van der Waals surface area contributed by atoms with Gasteiger partial charge in [-0.05, 0) is 18.1 Å². The predicted molar refractivity (Wildman–Crippen MR) is 64.4 cm³/mol. The van der Waals surface area contributed by atoms with Gasteiger partial charge in [-0.15, -0.1) is 0 Å². The maximum Gasteiger partial charge on any atom is 0.142 e. The van der Waals surface area contributed by atoms with Gasteiger partial charge in [-0.1, -0.05) is 60.2 Å². The van der Waals surface area contributed by atoms with Crippen molar-refractivity contribution >= 4 is 0 Å². The monoisotopic (exact) mass is 210 g/mol. The third-order valence-electron chi connectivity index (χ3n) is 3.19. The van der Waals surface area contributed by atoms with Crippen molar-refractivity contribution in [2.75, 3.05) is 6.61 Å². The van der Waals surface area contributed by atoms with Crippen LogP contribution in [-0.4, -0.2) is 6.61 Å². The Balaban J connectivity index is 2.03. The topological polar surface area (TPSA) is 12.5 Å². The minimum atomic E-state index is -0.172. The first-order valence-corrected chi connectivity index (χ1v) is 5.58. The van der Waals surface area contributed by atoms with Crippen LogP contribution in [0.2, 0.25) is 0 Å². The lowest BCUT2D eigenvalue weighted by molar-refractivity contribution is 0.349. The molecule has 2 aromatic rings. The Labute approximate surface area is 95.7 Å². The van der Waals surface area contributed by atoms with E-state index in [-0.39, 0.29) is 5.60 Å². The molecule has 1 fully saturated rings. The summed E-state index contributed by atoms with van der Waals surface area (Å²) in [5, 5.41) is 0. The zero-order valence-corrected chi connectivity index (χ0v) is 9.31. The van der Waals surface area contributed by atoms with Gasteiger partial charge in [0.25, 0.3) is 0 Å². The van der Waals surface area contributed by atoms with Crippen LogP contribution in [-0.2, 0) is 10.3 Å². The van der Waals surface area contributed by atoms with Gasteiger partial charge in [-0.25, -0.2) is 0 Å². The molecule has 0 radical (unpaired) electrons. The minimum Gasteiger partial charge on any atom is -0.359 e. The van der Waals surface area contributed by atoms with Gasteiger partial charge < -0.3 is 4.74 Å². The Bertz CT molecular complexity index is 481. The second kappa shape index (κ2) is 3.46. The Hall–Kier alpha value is -1.60. The summed E-state index contributed by atoms with van der Waals surface area (Å²) in [6, 6.07) is 19.0. The van der Waals surface area contributed by atoms with E-state index >= 15 is 0 Å². The molecule has 3 rings (SSSR count). The highest BCUT2D eigenvalue weighted by Crippen LogP contribution is 2.44. The van der Waals surface area contributed by atoms with Crippen LogP contribution in [0, 0.1) is 6.92 Å². The molecule has 1 heteroatoms. The van der Waals surface area contributed by atoms with E-state index in [2.05, 4.69) is 55.5 Å². The van der Waals surface area contributed by atoms with Gasteiger partial charge in [-0.3, -0.25) is 0 Å². The molecule has 1 nitrogen and oxygen atoms in total. The van der Waals surface area contributed by atoms with Crippen LogP contribution >= 0.6 is 0 Å². The fourth-order valence-corrected chi connectivity index (χ4v) is 2.10. The van der Waals surface area contributed by atoms with Crippen LogP contribution in [0.1, 0.15) is 16.7 Å². The van der Waals surface area contributed by atoms with E-state index in [1.165, 1.54) is 16.7 Å². The molecule has 0 spiro atoms. The Morgan fingerprint density at radius 3 is 2.00 bits per heavy atom. The molecule has 1 aliphatic heterocycles. The lowest BCUT2D eigenvalue weighted by Crippen LogP contribution is -2.10. The van der Waals surface area contributed by atoms with Gasteiger partial charge in [0, 0.05) is 0 Å². The van der Waals surface area contributed by atoms with E-state index in [9.17, 15) is 0 Å². The first-order chi connectivity index (χ1) is 7.81. The molecule has 16 heavy (non-hydrogen) atoms. The number of epoxide rings is 1. The lowest BCUT2D eigenvalue weighted by atomic mass is 9.91. The van der Waals surface area contributed by atoms with Crippen molar-refractivity contribution in [1.29, 1.82) is 0 Å². The van der Waals surface area contributed by atoms with Crippen molar-refractivity contribution in [2.45, 2.75) is 12.5 Å². The lowest BCUT2D eigenvalue weighted by Gasteiger charge is -2.12. The molecule has 0 amide bonds. The highest BCUT2D eigenvalue weighted by Gasteiger charge is 2.47. The first-order valence-electron chi connectivity index (χ1n) is 5.58. The normalized spacial score (nSPS) is 23.1. The van der Waals surface area contributed by atoms with Gasteiger partial charge >= 0.3 is 0 Å². The Morgan fingerprint density at radius 1 is 0.875 bits per heavy atom. The molecule has 0 unspecified atom stereocenters. The smallest absolute Gasteiger partial charge is 0.142 e. The summed E-state index contributed by atoms with van der Waals surface area (Å²) >= 11 is 0. The molecule has 2 aromatic carbocycles. The minimum absolute atomic E-state index is 0.172. The maximum absolute atomic E-state index is 5.71. The molecule has 80 valence electrons. The quantitative estimate of drug-likeness (QED) is 0.693. The molecule has 0 aromatic heterocycles. The van der Waals surface area contributed by atoms with Crippen LogP contribution in [0.5, 0.6) is 0 Å². The number of rotatable bonds is 2. The van der Waals surface area contributed by atoms with Gasteiger partial charge in [0.15, 0.2) is 0 Å². The summed E-state index contributed by atoms with van der Waals surface area (Å²) < 4.78 is 5.71. The summed E-state index contributed by atoms with van der Waals surface area (Å²) in [5.41, 5.74) is 3.62. The van der Waals surface area contributed by atoms with Gasteiger partial charge in [0.05, 0.1) is 6.61 Å². The maximum atomic E-state index is 5.71. The van der Waals surface area contributed by atoms with E-state index in [1.807, 2.05) is 6.07 Å². The summed E-state index contributed by atoms with van der Waals surface area (Å²) in [4.78, 5) is 0. The third kappa shape index (κ3) is 1.44. The summed E-state index contributed by atoms with van der Waals surface area (Å²) in [6.45, 7) is 2.90. The molecule has 1 saturated heterocycles. The number of benzene rings is 2. The molecule has 1 heterocycles. The van der Waals surface area contributed by atoms with E-state index in [0.717, 1.165) is 6.61 Å². The Kier molecular flexibility index (Phi) is 2.08. The molecule has 0 aliphatic carbocycles. The molecule has 0 bridgehead atoms. The van der Waals surface area contributed by atoms with Crippen LogP contribution in [0.15, 0.2) is 54.6 Å². The van der Waals surface area contributed by atoms with Gasteiger partial charge in [0.1, 0.15) is 5.60 Å². The zero-order valence-electron chi connectivity index (χ0n) is 9.31. The number of hydrogen-bond acceptors (Lipinski definition) is 1. The van der Waals surface area contributed by atoms with Crippen LogP contribution in [0.3, 0.4) is 0 Å². The SMILES string of the molecule is Cc1ccc([C@]2(c3ccccc3)CO2)cc1. The van der Waals surface area contributed by atoms with Crippen molar-refractivity contribution in [3.05, 3.63) is 71.3 Å². The average Bonchev–Trinajstić information content (AvgIpc) is 3.13. The summed E-state index contributed by atoms with van der Waals surface area (Å²) in [6.07, 6.45) is 0. The highest BCUT2D eigenvalue weighted by molar-refractivity contribution is 5.41. The van der Waals surface area contributed by atoms with E-state index in [1.54, 1.807) is 0 Å². The first kappa shape index (κ1) is 9.61. The number of hydrogen-bond donors (Lipinski definition) is 0. The molecular formula is C15H14O.